The van der Waals surface area contributed by atoms with E-state index >= 15 is 0 Å². The van der Waals surface area contributed by atoms with Crippen molar-refractivity contribution in [3.8, 4) is 11.8 Å². The maximum atomic E-state index is 10.7. The molecule has 0 fully saturated rings. The first-order chi connectivity index (χ1) is 9.24. The molecule has 1 aromatic carbocycles. The van der Waals surface area contributed by atoms with Crippen molar-refractivity contribution in [2.24, 2.45) is 0 Å². The average Bonchev–Trinajstić information content (AvgIpc) is 2.48. The van der Waals surface area contributed by atoms with E-state index in [0.29, 0.717) is 12.1 Å². The summed E-state index contributed by atoms with van der Waals surface area (Å²) in [7, 11) is 0. The van der Waals surface area contributed by atoms with Gasteiger partial charge in [-0.05, 0) is 23.6 Å². The first-order valence-corrected chi connectivity index (χ1v) is 6.07. The summed E-state index contributed by atoms with van der Waals surface area (Å²) in [6.07, 6.45) is 3.72. The molecule has 0 bridgehead atoms. The molecule has 1 aromatic heterocycles. The second kappa shape index (κ2) is 5.99. The van der Waals surface area contributed by atoms with Gasteiger partial charge in [0.1, 0.15) is 5.69 Å². The summed E-state index contributed by atoms with van der Waals surface area (Å²) in [4.78, 5) is 4.13. The first-order valence-electron chi connectivity index (χ1n) is 6.07. The highest BCUT2D eigenvalue weighted by Crippen LogP contribution is 2.24. The monoisotopic (exact) mass is 249 g/mol. The third kappa shape index (κ3) is 3.31. The van der Waals surface area contributed by atoms with Gasteiger partial charge in [0.2, 0.25) is 0 Å². The maximum absolute atomic E-state index is 10.7. The first kappa shape index (κ1) is 13.1. The molecule has 0 aliphatic carbocycles. The lowest BCUT2D eigenvalue weighted by molar-refractivity contribution is 0.104. The van der Waals surface area contributed by atoms with Crippen molar-refractivity contribution in [1.29, 1.82) is 0 Å². The number of pyridine rings is 1. The Hall–Kier alpha value is -2.37. The van der Waals surface area contributed by atoms with Crippen LogP contribution in [0.1, 0.15) is 17.7 Å². The van der Waals surface area contributed by atoms with Crippen LogP contribution in [0.2, 0.25) is 0 Å². The van der Waals surface area contributed by atoms with E-state index in [4.69, 9.17) is 0 Å². The number of benzene rings is 1. The molecule has 0 saturated heterocycles. The molecule has 0 aliphatic rings. The molecule has 19 heavy (non-hydrogen) atoms. The van der Waals surface area contributed by atoms with E-state index in [1.54, 1.807) is 12.3 Å². The Kier molecular flexibility index (Phi) is 4.12. The van der Waals surface area contributed by atoms with Gasteiger partial charge < -0.3 is 5.11 Å². The van der Waals surface area contributed by atoms with Gasteiger partial charge in [0.15, 0.2) is 5.60 Å². The summed E-state index contributed by atoms with van der Waals surface area (Å²) < 4.78 is 0. The van der Waals surface area contributed by atoms with Gasteiger partial charge in [0, 0.05) is 12.6 Å². The Morgan fingerprint density at radius 2 is 1.89 bits per heavy atom. The third-order valence-corrected chi connectivity index (χ3v) is 2.75. The normalized spacial score (nSPS) is 12.9. The molecular formula is C17H15NO. The van der Waals surface area contributed by atoms with Gasteiger partial charge in [-0.15, -0.1) is 6.58 Å². The van der Waals surface area contributed by atoms with Crippen LogP contribution < -0.4 is 0 Å². The largest absolute Gasteiger partial charge is 0.373 e. The Morgan fingerprint density at radius 3 is 2.53 bits per heavy atom. The fourth-order valence-corrected chi connectivity index (χ4v) is 1.77. The van der Waals surface area contributed by atoms with Crippen molar-refractivity contribution in [3.63, 3.8) is 0 Å². The van der Waals surface area contributed by atoms with Crippen LogP contribution in [-0.2, 0) is 5.60 Å². The molecule has 1 N–H and O–H groups in total. The molecule has 0 amide bonds. The minimum Gasteiger partial charge on any atom is -0.373 e. The Bertz CT molecular complexity index is 595. The molecule has 0 radical (unpaired) electrons. The zero-order chi connectivity index (χ0) is 13.6. The molecule has 2 heteroatoms. The quantitative estimate of drug-likeness (QED) is 0.670. The smallest absolute Gasteiger partial charge is 0.154 e. The van der Waals surface area contributed by atoms with Gasteiger partial charge in [-0.2, -0.15) is 0 Å². The van der Waals surface area contributed by atoms with Gasteiger partial charge in [-0.25, -0.2) is 4.98 Å². The molecule has 2 rings (SSSR count). The van der Waals surface area contributed by atoms with E-state index in [2.05, 4.69) is 23.4 Å². The molecule has 0 aliphatic heterocycles. The SMILES string of the molecule is C=CC[C@@](O)(C#Cc1ccccn1)c1ccccc1. The van der Waals surface area contributed by atoms with E-state index in [0.717, 1.165) is 5.56 Å². The highest BCUT2D eigenvalue weighted by Gasteiger charge is 2.24. The molecule has 0 saturated carbocycles. The van der Waals surface area contributed by atoms with Crippen LogP contribution in [0.4, 0.5) is 0 Å². The third-order valence-electron chi connectivity index (χ3n) is 2.75. The van der Waals surface area contributed by atoms with Gasteiger partial charge in [-0.1, -0.05) is 48.4 Å². The summed E-state index contributed by atoms with van der Waals surface area (Å²) in [5.41, 5.74) is 0.180. The predicted molar refractivity (Wildman–Crippen MR) is 76.3 cm³/mol. The standard InChI is InChI=1S/C17H15NO/c1-2-12-17(19,15-8-4-3-5-9-15)13-11-16-10-6-7-14-18-16/h2-10,14,19H,1,12H2/t17-/m1/s1. The summed E-state index contributed by atoms with van der Waals surface area (Å²) in [5, 5.41) is 10.7. The van der Waals surface area contributed by atoms with Crippen LogP contribution in [0.5, 0.6) is 0 Å². The van der Waals surface area contributed by atoms with Crippen molar-refractivity contribution >= 4 is 0 Å². The van der Waals surface area contributed by atoms with E-state index in [-0.39, 0.29) is 0 Å². The van der Waals surface area contributed by atoms with Crippen molar-refractivity contribution in [3.05, 3.63) is 78.6 Å². The average molecular weight is 249 g/mol. The highest BCUT2D eigenvalue weighted by molar-refractivity contribution is 5.37. The van der Waals surface area contributed by atoms with Crippen molar-refractivity contribution in [1.82, 2.24) is 4.98 Å². The minimum atomic E-state index is -1.22. The van der Waals surface area contributed by atoms with Crippen LogP contribution in [0, 0.1) is 11.8 Å². The van der Waals surface area contributed by atoms with E-state index in [1.165, 1.54) is 0 Å². The zero-order valence-corrected chi connectivity index (χ0v) is 10.6. The van der Waals surface area contributed by atoms with Gasteiger partial charge in [0.25, 0.3) is 0 Å². The molecule has 0 unspecified atom stereocenters. The molecule has 2 aromatic rings. The fourth-order valence-electron chi connectivity index (χ4n) is 1.77. The molecular weight excluding hydrogens is 234 g/mol. The van der Waals surface area contributed by atoms with Crippen molar-refractivity contribution < 1.29 is 5.11 Å². The minimum absolute atomic E-state index is 0.372. The van der Waals surface area contributed by atoms with Crippen LogP contribution in [-0.4, -0.2) is 10.1 Å². The highest BCUT2D eigenvalue weighted by atomic mass is 16.3. The Balaban J connectivity index is 2.36. The second-order valence-corrected chi connectivity index (χ2v) is 4.18. The van der Waals surface area contributed by atoms with Crippen LogP contribution >= 0.6 is 0 Å². The number of rotatable bonds is 3. The molecule has 94 valence electrons. The fraction of sp³-hybridized carbons (Fsp3) is 0.118. The predicted octanol–water partition coefficient (Wildman–Crippen LogP) is 2.90. The molecule has 0 spiro atoms. The van der Waals surface area contributed by atoms with Crippen LogP contribution in [0.25, 0.3) is 0 Å². The van der Waals surface area contributed by atoms with Crippen molar-refractivity contribution in [2.75, 3.05) is 0 Å². The second-order valence-electron chi connectivity index (χ2n) is 4.18. The summed E-state index contributed by atoms with van der Waals surface area (Å²) in [5.74, 6) is 5.81. The van der Waals surface area contributed by atoms with Crippen LogP contribution in [0.3, 0.4) is 0 Å². The lowest BCUT2D eigenvalue weighted by Crippen LogP contribution is -2.22. The summed E-state index contributed by atoms with van der Waals surface area (Å²) in [6.45, 7) is 3.68. The topological polar surface area (TPSA) is 33.1 Å². The zero-order valence-electron chi connectivity index (χ0n) is 10.6. The lowest BCUT2D eigenvalue weighted by atomic mass is 9.91. The number of aliphatic hydroxyl groups is 1. The molecule has 1 heterocycles. The lowest BCUT2D eigenvalue weighted by Gasteiger charge is -2.20. The summed E-state index contributed by atoms with van der Waals surface area (Å²) in [6, 6.07) is 14.9. The number of hydrogen-bond acceptors (Lipinski definition) is 2. The van der Waals surface area contributed by atoms with Crippen molar-refractivity contribution in [2.45, 2.75) is 12.0 Å². The van der Waals surface area contributed by atoms with Gasteiger partial charge in [0.05, 0.1) is 0 Å². The van der Waals surface area contributed by atoms with E-state index < -0.39 is 5.60 Å². The van der Waals surface area contributed by atoms with Crippen LogP contribution in [0.15, 0.2) is 67.4 Å². The maximum Gasteiger partial charge on any atom is 0.154 e. The van der Waals surface area contributed by atoms with E-state index in [1.807, 2.05) is 48.5 Å². The molecule has 1 atom stereocenters. The van der Waals surface area contributed by atoms with Gasteiger partial charge >= 0.3 is 0 Å². The number of aromatic nitrogens is 1. The summed E-state index contributed by atoms with van der Waals surface area (Å²) >= 11 is 0. The number of hydrogen-bond donors (Lipinski definition) is 1. The van der Waals surface area contributed by atoms with Gasteiger partial charge in [-0.3, -0.25) is 0 Å². The Labute approximate surface area is 113 Å². The Morgan fingerprint density at radius 1 is 1.16 bits per heavy atom. The number of nitrogens with zero attached hydrogens (tertiary/aromatic N) is 1. The molecule has 2 nitrogen and oxygen atoms in total. The van der Waals surface area contributed by atoms with E-state index in [9.17, 15) is 5.11 Å².